The van der Waals surface area contributed by atoms with Gasteiger partial charge in [-0.25, -0.2) is 4.99 Å². The molecule has 7 aromatic carbocycles. The molecule has 0 amide bonds. The third kappa shape index (κ3) is 4.63. The normalized spacial score (nSPS) is 16.2. The third-order valence-electron chi connectivity index (χ3n) is 9.89. The summed E-state index contributed by atoms with van der Waals surface area (Å²) in [5.41, 5.74) is 10.7. The van der Waals surface area contributed by atoms with Crippen LogP contribution in [-0.4, -0.2) is 10.4 Å². The predicted molar refractivity (Wildman–Crippen MR) is 205 cm³/mol. The van der Waals surface area contributed by atoms with Gasteiger partial charge in [-0.05, 0) is 64.7 Å². The lowest BCUT2D eigenvalue weighted by molar-refractivity contribution is 0.409. The fourth-order valence-corrected chi connectivity index (χ4v) is 7.59. The Kier molecular flexibility index (Phi) is 6.64. The van der Waals surface area contributed by atoms with Crippen LogP contribution in [0, 0.1) is 0 Å². The summed E-state index contributed by atoms with van der Waals surface area (Å²) in [5.74, 6) is 0.799. The molecule has 2 aromatic heterocycles. The van der Waals surface area contributed by atoms with E-state index in [2.05, 4.69) is 173 Å². The Balaban J connectivity index is 1.14. The van der Waals surface area contributed by atoms with Crippen LogP contribution in [0.3, 0.4) is 0 Å². The highest BCUT2D eigenvalue weighted by molar-refractivity contribution is 6.19. The molecule has 2 unspecified atom stereocenters. The van der Waals surface area contributed by atoms with E-state index in [-0.39, 0.29) is 12.3 Å². The molecule has 238 valence electrons. The molecule has 3 heterocycles. The first-order valence-corrected chi connectivity index (χ1v) is 17.0. The molecule has 5 heteroatoms. The summed E-state index contributed by atoms with van der Waals surface area (Å²) in [5, 5.41) is 12.0. The van der Waals surface area contributed by atoms with E-state index in [9.17, 15) is 0 Å². The van der Waals surface area contributed by atoms with Gasteiger partial charge in [0.2, 0.25) is 0 Å². The summed E-state index contributed by atoms with van der Waals surface area (Å²) in [4.78, 5) is 5.22. The summed E-state index contributed by atoms with van der Waals surface area (Å²) in [6, 6.07) is 59.7. The molecule has 0 saturated heterocycles. The van der Waals surface area contributed by atoms with Gasteiger partial charge in [0, 0.05) is 27.2 Å². The van der Waals surface area contributed by atoms with Crippen LogP contribution >= 0.6 is 0 Å². The van der Waals surface area contributed by atoms with E-state index in [1.54, 1.807) is 0 Å². The number of nitrogens with zero attached hydrogens (tertiary/aromatic N) is 2. The largest absolute Gasteiger partial charge is 0.455 e. The first-order chi connectivity index (χ1) is 24.8. The van der Waals surface area contributed by atoms with Crippen molar-refractivity contribution in [3.63, 3.8) is 0 Å². The molecule has 5 nitrogen and oxygen atoms in total. The van der Waals surface area contributed by atoms with Crippen molar-refractivity contribution >= 4 is 49.6 Å². The Morgan fingerprint density at radius 3 is 2.02 bits per heavy atom. The van der Waals surface area contributed by atoms with Crippen molar-refractivity contribution in [2.75, 3.05) is 0 Å². The van der Waals surface area contributed by atoms with E-state index in [4.69, 9.17) is 9.41 Å². The molecule has 0 radical (unpaired) electrons. The molecule has 10 rings (SSSR count). The van der Waals surface area contributed by atoms with Gasteiger partial charge in [-0.3, -0.25) is 5.32 Å². The zero-order valence-corrected chi connectivity index (χ0v) is 27.1. The number of nitrogens with one attached hydrogen (secondary N) is 2. The van der Waals surface area contributed by atoms with Crippen LogP contribution in [0.25, 0.3) is 60.6 Å². The minimum Gasteiger partial charge on any atom is -0.455 e. The average Bonchev–Trinajstić information content (AvgIpc) is 3.74. The maximum absolute atomic E-state index is 6.76. The van der Waals surface area contributed by atoms with Crippen LogP contribution in [0.15, 0.2) is 179 Å². The Labute approximate surface area is 289 Å². The highest BCUT2D eigenvalue weighted by Gasteiger charge is 2.27. The van der Waals surface area contributed by atoms with E-state index in [0.717, 1.165) is 61.3 Å². The lowest BCUT2D eigenvalue weighted by Crippen LogP contribution is -2.45. The minimum absolute atomic E-state index is 0.131. The summed E-state index contributed by atoms with van der Waals surface area (Å²) < 4.78 is 9.11. The Hall–Kier alpha value is -6.43. The lowest BCUT2D eigenvalue weighted by Gasteiger charge is -2.32. The van der Waals surface area contributed by atoms with Crippen molar-refractivity contribution < 1.29 is 4.42 Å². The number of furan rings is 1. The summed E-state index contributed by atoms with van der Waals surface area (Å²) in [7, 11) is 0. The second kappa shape index (κ2) is 11.6. The van der Waals surface area contributed by atoms with Gasteiger partial charge in [-0.2, -0.15) is 0 Å². The second-order valence-corrected chi connectivity index (χ2v) is 12.8. The lowest BCUT2D eigenvalue weighted by atomic mass is 9.97. The van der Waals surface area contributed by atoms with Crippen molar-refractivity contribution in [2.45, 2.75) is 12.3 Å². The van der Waals surface area contributed by atoms with E-state index >= 15 is 0 Å². The Morgan fingerprint density at radius 1 is 0.540 bits per heavy atom. The highest BCUT2D eigenvalue weighted by atomic mass is 16.3. The molecule has 1 aliphatic rings. The van der Waals surface area contributed by atoms with Crippen LogP contribution in [0.4, 0.5) is 0 Å². The molecule has 0 spiro atoms. The quantitative estimate of drug-likeness (QED) is 0.196. The number of benzene rings is 7. The molecular formula is C45H32N4O. The Morgan fingerprint density at radius 2 is 1.20 bits per heavy atom. The molecule has 0 saturated carbocycles. The van der Waals surface area contributed by atoms with Gasteiger partial charge in [0.1, 0.15) is 29.3 Å². The van der Waals surface area contributed by atoms with E-state index in [1.165, 1.54) is 21.8 Å². The van der Waals surface area contributed by atoms with Crippen molar-refractivity contribution in [3.05, 3.63) is 187 Å². The number of aromatic nitrogens is 1. The average molecular weight is 645 g/mol. The molecule has 0 bridgehead atoms. The number of hydrogen-bond donors (Lipinski definition) is 2. The standard InChI is InChI=1S/C45H32N4O/c1-4-14-29(15-5-1)43-46-44(30-16-6-2-7-17-30)48-45(47-43)36-23-12-22-35-41-33(21-13-25-40(41)50-42(35)36)31-26-27-39-37(28-31)34-20-10-11-24-38(34)49(39)32-18-8-3-9-19-32/h1-28,43-44,46H,(H,47,48). The van der Waals surface area contributed by atoms with Crippen molar-refractivity contribution in [3.8, 4) is 16.8 Å². The van der Waals surface area contributed by atoms with Crippen molar-refractivity contribution in [2.24, 2.45) is 4.99 Å². The molecule has 0 aliphatic carbocycles. The molecule has 50 heavy (non-hydrogen) atoms. The smallest absolute Gasteiger partial charge is 0.146 e. The maximum Gasteiger partial charge on any atom is 0.146 e. The number of rotatable bonds is 5. The van der Waals surface area contributed by atoms with Gasteiger partial charge >= 0.3 is 0 Å². The molecule has 0 fully saturated rings. The first kappa shape index (κ1) is 28.6. The van der Waals surface area contributed by atoms with Gasteiger partial charge in [-0.15, -0.1) is 0 Å². The molecule has 1 aliphatic heterocycles. The summed E-state index contributed by atoms with van der Waals surface area (Å²) in [6.07, 6.45) is -0.355. The van der Waals surface area contributed by atoms with Gasteiger partial charge < -0.3 is 14.3 Å². The number of para-hydroxylation sites is 3. The zero-order chi connectivity index (χ0) is 33.0. The van der Waals surface area contributed by atoms with Crippen LogP contribution in [0.2, 0.25) is 0 Å². The molecular weight excluding hydrogens is 613 g/mol. The fourth-order valence-electron chi connectivity index (χ4n) is 7.59. The van der Waals surface area contributed by atoms with Crippen molar-refractivity contribution in [1.29, 1.82) is 0 Å². The molecule has 2 atom stereocenters. The van der Waals surface area contributed by atoms with Gasteiger partial charge in [0.15, 0.2) is 0 Å². The van der Waals surface area contributed by atoms with Crippen LogP contribution in [0.1, 0.15) is 29.0 Å². The summed E-state index contributed by atoms with van der Waals surface area (Å²) in [6.45, 7) is 0. The second-order valence-electron chi connectivity index (χ2n) is 12.8. The highest BCUT2D eigenvalue weighted by Crippen LogP contribution is 2.41. The monoisotopic (exact) mass is 644 g/mol. The van der Waals surface area contributed by atoms with Gasteiger partial charge in [-0.1, -0.05) is 127 Å². The third-order valence-corrected chi connectivity index (χ3v) is 9.89. The number of fused-ring (bicyclic) bond motifs is 6. The Bertz CT molecular complexity index is 2710. The fraction of sp³-hybridized carbons (Fsp3) is 0.0444. The first-order valence-electron chi connectivity index (χ1n) is 17.0. The predicted octanol–water partition coefficient (Wildman–Crippen LogP) is 10.7. The van der Waals surface area contributed by atoms with E-state index in [1.807, 2.05) is 12.1 Å². The summed E-state index contributed by atoms with van der Waals surface area (Å²) >= 11 is 0. The number of hydrogen-bond acceptors (Lipinski definition) is 4. The van der Waals surface area contributed by atoms with Gasteiger partial charge in [0.25, 0.3) is 0 Å². The molecule has 2 N–H and O–H groups in total. The maximum atomic E-state index is 6.76. The SMILES string of the molecule is c1ccc(C2N=C(c3cccc4c3oc3cccc(-c5ccc6c(c5)c5ccccc5n6-c5ccccc5)c34)NC(c3ccccc3)N2)cc1. The zero-order valence-electron chi connectivity index (χ0n) is 27.1. The number of aliphatic imine (C=N–C) groups is 1. The number of amidine groups is 1. The van der Waals surface area contributed by atoms with Crippen molar-refractivity contribution in [1.82, 2.24) is 15.2 Å². The van der Waals surface area contributed by atoms with Gasteiger partial charge in [0.05, 0.1) is 16.6 Å². The topological polar surface area (TPSA) is 54.5 Å². The van der Waals surface area contributed by atoms with E-state index in [0.29, 0.717) is 0 Å². The van der Waals surface area contributed by atoms with Crippen LogP contribution in [-0.2, 0) is 0 Å². The van der Waals surface area contributed by atoms with Crippen LogP contribution in [0.5, 0.6) is 0 Å². The molecule has 9 aromatic rings. The minimum atomic E-state index is -0.224. The van der Waals surface area contributed by atoms with E-state index < -0.39 is 0 Å². The van der Waals surface area contributed by atoms with Crippen LogP contribution < -0.4 is 10.6 Å².